The number of anilines is 2. The van der Waals surface area contributed by atoms with Gasteiger partial charge in [0.25, 0.3) is 0 Å². The Bertz CT molecular complexity index is 547. The number of nitrogens with zero attached hydrogens (tertiary/aromatic N) is 2. The van der Waals surface area contributed by atoms with Gasteiger partial charge in [-0.05, 0) is 44.0 Å². The molecule has 1 aromatic heterocycles. The van der Waals surface area contributed by atoms with Crippen molar-refractivity contribution in [2.24, 2.45) is 0 Å². The van der Waals surface area contributed by atoms with Gasteiger partial charge in [-0.3, -0.25) is 0 Å². The molecule has 0 aliphatic heterocycles. The summed E-state index contributed by atoms with van der Waals surface area (Å²) in [6.45, 7) is 7.56. The molecule has 0 bridgehead atoms. The average molecular weight is 303 g/mol. The van der Waals surface area contributed by atoms with Gasteiger partial charge in [0, 0.05) is 24.2 Å². The molecule has 4 heteroatoms. The zero-order valence-electron chi connectivity index (χ0n) is 13.4. The minimum Gasteiger partial charge on any atom is -0.321 e. The highest BCUT2D eigenvalue weighted by molar-refractivity contribution is 7.13. The molecule has 21 heavy (non-hydrogen) atoms. The van der Waals surface area contributed by atoms with Crippen LogP contribution in [0.4, 0.5) is 10.8 Å². The van der Waals surface area contributed by atoms with Crippen molar-refractivity contribution in [2.75, 3.05) is 18.5 Å². The first-order valence-corrected chi connectivity index (χ1v) is 8.55. The molecule has 114 valence electrons. The molecule has 2 rings (SSSR count). The lowest BCUT2D eigenvalue weighted by atomic mass is 10.1. The Morgan fingerprint density at radius 3 is 2.57 bits per heavy atom. The van der Waals surface area contributed by atoms with Crippen LogP contribution in [-0.4, -0.2) is 18.6 Å². The van der Waals surface area contributed by atoms with Gasteiger partial charge in [-0.25, -0.2) is 4.98 Å². The topological polar surface area (TPSA) is 28.2 Å². The van der Waals surface area contributed by atoms with Gasteiger partial charge in [-0.15, -0.1) is 11.3 Å². The summed E-state index contributed by atoms with van der Waals surface area (Å²) in [5.74, 6) is 0. The number of hydrogen-bond acceptors (Lipinski definition) is 4. The zero-order valence-corrected chi connectivity index (χ0v) is 14.2. The summed E-state index contributed by atoms with van der Waals surface area (Å²) in [6, 6.07) is 9.01. The van der Waals surface area contributed by atoms with Crippen LogP contribution >= 0.6 is 11.3 Å². The molecule has 0 amide bonds. The lowest BCUT2D eigenvalue weighted by molar-refractivity contribution is 0.561. The number of aromatic nitrogens is 1. The lowest BCUT2D eigenvalue weighted by Crippen LogP contribution is -2.19. The highest BCUT2D eigenvalue weighted by Gasteiger charge is 2.12. The van der Waals surface area contributed by atoms with E-state index in [9.17, 15) is 0 Å². The van der Waals surface area contributed by atoms with Gasteiger partial charge in [0.15, 0.2) is 5.13 Å². The molecule has 0 radical (unpaired) electrons. The average Bonchev–Trinajstić information content (AvgIpc) is 3.02. The van der Waals surface area contributed by atoms with E-state index < -0.39 is 0 Å². The van der Waals surface area contributed by atoms with Gasteiger partial charge in [-0.2, -0.15) is 0 Å². The molecule has 0 aliphatic rings. The largest absolute Gasteiger partial charge is 0.321 e. The van der Waals surface area contributed by atoms with E-state index in [1.54, 1.807) is 11.3 Å². The Hall–Kier alpha value is -1.39. The van der Waals surface area contributed by atoms with Crippen molar-refractivity contribution in [3.05, 3.63) is 40.9 Å². The van der Waals surface area contributed by atoms with Crippen LogP contribution in [0.15, 0.2) is 29.6 Å². The number of nitrogens with one attached hydrogen (secondary N) is 1. The third-order valence-corrected chi connectivity index (χ3v) is 4.61. The minimum absolute atomic E-state index is 0.311. The fourth-order valence-corrected chi connectivity index (χ4v) is 3.06. The molecule has 1 aromatic carbocycles. The van der Waals surface area contributed by atoms with E-state index in [1.165, 1.54) is 11.3 Å². The maximum Gasteiger partial charge on any atom is 0.189 e. The molecular formula is C17H25N3S. The fraction of sp³-hybridized carbons (Fsp3) is 0.471. The quantitative estimate of drug-likeness (QED) is 0.814. The summed E-state index contributed by atoms with van der Waals surface area (Å²) in [4.78, 5) is 6.92. The highest BCUT2D eigenvalue weighted by Crippen LogP contribution is 2.29. The second-order valence-corrected chi connectivity index (χ2v) is 6.15. The summed E-state index contributed by atoms with van der Waals surface area (Å²) in [7, 11) is 2.08. The van der Waals surface area contributed by atoms with E-state index in [4.69, 9.17) is 4.98 Å². The second-order valence-electron chi connectivity index (χ2n) is 5.31. The summed E-state index contributed by atoms with van der Waals surface area (Å²) >= 11 is 1.70. The number of aryl methyl sites for hydroxylation is 1. The molecule has 0 saturated heterocycles. The van der Waals surface area contributed by atoms with Gasteiger partial charge in [0.2, 0.25) is 0 Å². The molecular weight excluding hydrogens is 278 g/mol. The highest BCUT2D eigenvalue weighted by atomic mass is 32.1. The van der Waals surface area contributed by atoms with E-state index in [-0.39, 0.29) is 0 Å². The molecule has 3 nitrogen and oxygen atoms in total. The SMILES string of the molecule is CCCNC(C)c1csc(N(C)c2ccc(CC)cc2)n1. The van der Waals surface area contributed by atoms with Gasteiger partial charge < -0.3 is 10.2 Å². The summed E-state index contributed by atoms with van der Waals surface area (Å²) < 4.78 is 0. The van der Waals surface area contributed by atoms with Crippen LogP contribution in [-0.2, 0) is 6.42 Å². The minimum atomic E-state index is 0.311. The van der Waals surface area contributed by atoms with Crippen molar-refractivity contribution in [2.45, 2.75) is 39.7 Å². The summed E-state index contributed by atoms with van der Waals surface area (Å²) in [6.07, 6.45) is 2.22. The first kappa shape index (κ1) is 16.0. The monoisotopic (exact) mass is 303 g/mol. The Morgan fingerprint density at radius 2 is 1.95 bits per heavy atom. The van der Waals surface area contributed by atoms with Crippen LogP contribution in [0.2, 0.25) is 0 Å². The Labute approximate surface area is 132 Å². The predicted molar refractivity (Wildman–Crippen MR) is 92.7 cm³/mol. The number of benzene rings is 1. The van der Waals surface area contributed by atoms with Crippen molar-refractivity contribution in [1.82, 2.24) is 10.3 Å². The Kier molecular flexibility index (Phi) is 5.76. The van der Waals surface area contributed by atoms with Gasteiger partial charge in [0.05, 0.1) is 5.69 Å². The molecule has 0 fully saturated rings. The van der Waals surface area contributed by atoms with E-state index in [1.807, 2.05) is 0 Å². The lowest BCUT2D eigenvalue weighted by Gasteiger charge is -2.16. The molecule has 0 aliphatic carbocycles. The molecule has 1 N–H and O–H groups in total. The Balaban J connectivity index is 2.08. The first-order chi connectivity index (χ1) is 10.2. The maximum absolute atomic E-state index is 4.76. The van der Waals surface area contributed by atoms with E-state index in [0.717, 1.165) is 30.2 Å². The fourth-order valence-electron chi connectivity index (χ4n) is 2.16. The van der Waals surface area contributed by atoms with Crippen LogP contribution in [0.25, 0.3) is 0 Å². The normalized spacial score (nSPS) is 12.4. The first-order valence-electron chi connectivity index (χ1n) is 7.67. The molecule has 1 heterocycles. The summed E-state index contributed by atoms with van der Waals surface area (Å²) in [5, 5.41) is 6.67. The van der Waals surface area contributed by atoms with Crippen LogP contribution in [0.1, 0.15) is 44.5 Å². The van der Waals surface area contributed by atoms with Crippen molar-refractivity contribution in [1.29, 1.82) is 0 Å². The van der Waals surface area contributed by atoms with E-state index >= 15 is 0 Å². The van der Waals surface area contributed by atoms with Gasteiger partial charge in [-0.1, -0.05) is 26.0 Å². The third-order valence-electron chi connectivity index (χ3n) is 3.67. The molecule has 2 aromatic rings. The van der Waals surface area contributed by atoms with Crippen molar-refractivity contribution >= 4 is 22.2 Å². The summed E-state index contributed by atoms with van der Waals surface area (Å²) in [5.41, 5.74) is 3.67. The van der Waals surface area contributed by atoms with E-state index in [0.29, 0.717) is 6.04 Å². The van der Waals surface area contributed by atoms with Gasteiger partial charge in [0.1, 0.15) is 0 Å². The smallest absolute Gasteiger partial charge is 0.189 e. The van der Waals surface area contributed by atoms with Crippen LogP contribution < -0.4 is 10.2 Å². The number of hydrogen-bond donors (Lipinski definition) is 1. The predicted octanol–water partition coefficient (Wildman–Crippen LogP) is 4.53. The van der Waals surface area contributed by atoms with Gasteiger partial charge >= 0.3 is 0 Å². The number of thiazole rings is 1. The van der Waals surface area contributed by atoms with Crippen LogP contribution in [0.3, 0.4) is 0 Å². The molecule has 1 unspecified atom stereocenters. The van der Waals surface area contributed by atoms with Crippen molar-refractivity contribution < 1.29 is 0 Å². The standard InChI is InChI=1S/C17H25N3S/c1-5-11-18-13(3)16-12-21-17(19-16)20(4)15-9-7-14(6-2)8-10-15/h7-10,12-13,18H,5-6,11H2,1-4H3. The number of rotatable bonds is 7. The van der Waals surface area contributed by atoms with E-state index in [2.05, 4.69) is 67.7 Å². The van der Waals surface area contributed by atoms with Crippen molar-refractivity contribution in [3.63, 3.8) is 0 Å². The second kappa shape index (κ2) is 7.57. The molecule has 0 spiro atoms. The van der Waals surface area contributed by atoms with Crippen LogP contribution in [0, 0.1) is 0 Å². The molecule has 1 atom stereocenters. The maximum atomic E-state index is 4.76. The molecule has 0 saturated carbocycles. The van der Waals surface area contributed by atoms with Crippen LogP contribution in [0.5, 0.6) is 0 Å². The van der Waals surface area contributed by atoms with Crippen molar-refractivity contribution in [3.8, 4) is 0 Å². The zero-order chi connectivity index (χ0) is 15.2. The Morgan fingerprint density at radius 1 is 1.24 bits per heavy atom. The third kappa shape index (κ3) is 4.05.